The number of hydrogen-bond donors (Lipinski definition) is 2. The molecule has 6 heteroatoms. The van der Waals surface area contributed by atoms with E-state index in [1.807, 2.05) is 6.92 Å². The molecule has 22 heavy (non-hydrogen) atoms. The summed E-state index contributed by atoms with van der Waals surface area (Å²) in [6.07, 6.45) is -1.06. The Morgan fingerprint density at radius 3 is 2.18 bits per heavy atom. The topological polar surface area (TPSA) is 84.9 Å². The Kier molecular flexibility index (Phi) is 9.69. The van der Waals surface area contributed by atoms with E-state index in [9.17, 15) is 14.7 Å². The van der Waals surface area contributed by atoms with Crippen LogP contribution in [-0.2, 0) is 19.1 Å². The molecule has 0 spiro atoms. The highest BCUT2D eigenvalue weighted by molar-refractivity contribution is 5.90. The summed E-state index contributed by atoms with van der Waals surface area (Å²) < 4.78 is 10.3. The Labute approximate surface area is 132 Å². The minimum absolute atomic E-state index is 0.129. The van der Waals surface area contributed by atoms with Crippen molar-refractivity contribution in [3.63, 3.8) is 0 Å². The molecule has 0 radical (unpaired) electrons. The van der Waals surface area contributed by atoms with Gasteiger partial charge in [-0.25, -0.2) is 4.79 Å². The predicted octanol–water partition coefficient (Wildman–Crippen LogP) is 1.57. The van der Waals surface area contributed by atoms with Gasteiger partial charge in [0.05, 0.1) is 12.7 Å². The lowest BCUT2D eigenvalue weighted by molar-refractivity contribution is -0.151. The maximum Gasteiger partial charge on any atom is 0.334 e. The van der Waals surface area contributed by atoms with Gasteiger partial charge in [0.1, 0.15) is 6.10 Å². The molecule has 0 aromatic carbocycles. The van der Waals surface area contributed by atoms with E-state index >= 15 is 0 Å². The van der Waals surface area contributed by atoms with E-state index in [-0.39, 0.29) is 24.9 Å². The molecule has 0 aromatic rings. The van der Waals surface area contributed by atoms with Crippen LogP contribution in [-0.4, -0.2) is 48.9 Å². The van der Waals surface area contributed by atoms with Crippen LogP contribution in [0.15, 0.2) is 11.1 Å². The average Bonchev–Trinajstić information content (AvgIpc) is 2.43. The van der Waals surface area contributed by atoms with Gasteiger partial charge in [-0.3, -0.25) is 4.79 Å². The molecule has 0 heterocycles. The third kappa shape index (κ3) is 7.04. The van der Waals surface area contributed by atoms with Crippen LogP contribution in [0, 0.1) is 0 Å². The van der Waals surface area contributed by atoms with Gasteiger partial charge in [-0.15, -0.1) is 0 Å². The number of aliphatic hydroxyl groups excluding tert-OH is 1. The number of allylic oxidation sites excluding steroid dienone is 1. The van der Waals surface area contributed by atoms with Crippen molar-refractivity contribution in [2.45, 2.75) is 65.7 Å². The standard InChI is InChI=1S/C16H29NO5/c1-7-21-14(19)9-8-13(10(2)3)16(20)22-15(12(5)18)11(4)17-6/h11-12,15,17-18H,7-9H2,1-6H3. The van der Waals surface area contributed by atoms with Crippen LogP contribution in [0.2, 0.25) is 0 Å². The van der Waals surface area contributed by atoms with Crippen molar-refractivity contribution >= 4 is 11.9 Å². The molecule has 0 aliphatic carbocycles. The third-order valence-electron chi connectivity index (χ3n) is 3.40. The van der Waals surface area contributed by atoms with E-state index in [0.717, 1.165) is 5.57 Å². The Morgan fingerprint density at radius 1 is 1.18 bits per heavy atom. The number of rotatable bonds is 9. The zero-order valence-electron chi connectivity index (χ0n) is 14.4. The maximum atomic E-state index is 12.3. The van der Waals surface area contributed by atoms with E-state index in [1.165, 1.54) is 0 Å². The molecular weight excluding hydrogens is 286 g/mol. The molecular formula is C16H29NO5. The Hall–Kier alpha value is -1.40. The third-order valence-corrected chi connectivity index (χ3v) is 3.40. The lowest BCUT2D eigenvalue weighted by Crippen LogP contribution is -2.45. The van der Waals surface area contributed by atoms with Crippen LogP contribution in [0.1, 0.15) is 47.5 Å². The quantitative estimate of drug-likeness (QED) is 0.496. The molecule has 3 atom stereocenters. The molecule has 128 valence electrons. The Balaban J connectivity index is 4.87. The first kappa shape index (κ1) is 20.6. The van der Waals surface area contributed by atoms with Crippen LogP contribution in [0.5, 0.6) is 0 Å². The van der Waals surface area contributed by atoms with Crippen molar-refractivity contribution in [2.75, 3.05) is 13.7 Å². The van der Waals surface area contributed by atoms with Gasteiger partial charge in [0.2, 0.25) is 0 Å². The van der Waals surface area contributed by atoms with Crippen molar-refractivity contribution < 1.29 is 24.2 Å². The molecule has 2 N–H and O–H groups in total. The van der Waals surface area contributed by atoms with Gasteiger partial charge in [0.25, 0.3) is 0 Å². The SMILES string of the molecule is CCOC(=O)CCC(C(=O)OC(C(C)O)C(C)NC)=C(C)C. The van der Waals surface area contributed by atoms with Crippen molar-refractivity contribution in [1.82, 2.24) is 5.32 Å². The second kappa shape index (κ2) is 10.3. The van der Waals surface area contributed by atoms with Crippen LogP contribution in [0.3, 0.4) is 0 Å². The molecule has 0 aliphatic heterocycles. The van der Waals surface area contributed by atoms with Crippen molar-refractivity contribution in [3.05, 3.63) is 11.1 Å². The lowest BCUT2D eigenvalue weighted by Gasteiger charge is -2.26. The largest absolute Gasteiger partial charge is 0.466 e. The summed E-state index contributed by atoms with van der Waals surface area (Å²) in [6.45, 7) is 9.04. The van der Waals surface area contributed by atoms with E-state index in [0.29, 0.717) is 12.2 Å². The highest BCUT2D eigenvalue weighted by atomic mass is 16.6. The molecule has 0 amide bonds. The first-order valence-electron chi connectivity index (χ1n) is 7.62. The maximum absolute atomic E-state index is 12.3. The number of hydrogen-bond acceptors (Lipinski definition) is 6. The monoisotopic (exact) mass is 315 g/mol. The van der Waals surface area contributed by atoms with Crippen LogP contribution in [0.25, 0.3) is 0 Å². The molecule has 0 fully saturated rings. The summed E-state index contributed by atoms with van der Waals surface area (Å²) in [5.41, 5.74) is 1.23. The van der Waals surface area contributed by atoms with Gasteiger partial charge in [-0.05, 0) is 48.1 Å². The molecule has 6 nitrogen and oxygen atoms in total. The number of likely N-dealkylation sites (N-methyl/N-ethyl adjacent to an activating group) is 1. The van der Waals surface area contributed by atoms with Gasteiger partial charge in [0, 0.05) is 18.0 Å². The lowest BCUT2D eigenvalue weighted by atomic mass is 10.0. The number of carbonyl (C=O) groups is 2. The average molecular weight is 315 g/mol. The van der Waals surface area contributed by atoms with Gasteiger partial charge in [-0.2, -0.15) is 0 Å². The minimum Gasteiger partial charge on any atom is -0.466 e. The van der Waals surface area contributed by atoms with Crippen LogP contribution in [0.4, 0.5) is 0 Å². The van der Waals surface area contributed by atoms with Gasteiger partial charge in [0.15, 0.2) is 0 Å². The number of nitrogens with one attached hydrogen (secondary N) is 1. The fraction of sp³-hybridized carbons (Fsp3) is 0.750. The Bertz CT molecular complexity index is 399. The Morgan fingerprint density at radius 2 is 1.77 bits per heavy atom. The first-order valence-corrected chi connectivity index (χ1v) is 7.62. The second-order valence-corrected chi connectivity index (χ2v) is 5.47. The fourth-order valence-corrected chi connectivity index (χ4v) is 1.99. The summed E-state index contributed by atoms with van der Waals surface area (Å²) in [6, 6.07) is -0.188. The highest BCUT2D eigenvalue weighted by Crippen LogP contribution is 2.17. The van der Waals surface area contributed by atoms with E-state index in [4.69, 9.17) is 9.47 Å². The molecule has 0 aliphatic rings. The van der Waals surface area contributed by atoms with Crippen LogP contribution < -0.4 is 5.32 Å². The van der Waals surface area contributed by atoms with Gasteiger partial charge < -0.3 is 19.9 Å². The van der Waals surface area contributed by atoms with E-state index < -0.39 is 18.2 Å². The molecule has 0 rings (SSSR count). The summed E-state index contributed by atoms with van der Waals surface area (Å²) in [7, 11) is 1.73. The zero-order chi connectivity index (χ0) is 17.3. The molecule has 0 aromatic heterocycles. The van der Waals surface area contributed by atoms with Crippen molar-refractivity contribution in [3.8, 4) is 0 Å². The fourth-order valence-electron chi connectivity index (χ4n) is 1.99. The molecule has 0 saturated heterocycles. The first-order chi connectivity index (χ1) is 10.2. The number of esters is 2. The van der Waals surface area contributed by atoms with Crippen molar-refractivity contribution in [1.29, 1.82) is 0 Å². The number of ether oxygens (including phenoxy) is 2. The van der Waals surface area contributed by atoms with Gasteiger partial charge in [-0.1, -0.05) is 5.57 Å². The predicted molar refractivity (Wildman–Crippen MR) is 84.3 cm³/mol. The normalized spacial score (nSPS) is 14.7. The zero-order valence-corrected chi connectivity index (χ0v) is 14.4. The van der Waals surface area contributed by atoms with Crippen molar-refractivity contribution in [2.24, 2.45) is 0 Å². The summed E-state index contributed by atoms with van der Waals surface area (Å²) in [5, 5.41) is 12.7. The number of aliphatic hydroxyl groups is 1. The smallest absolute Gasteiger partial charge is 0.334 e. The van der Waals surface area contributed by atoms with Crippen LogP contribution >= 0.6 is 0 Å². The number of carbonyl (C=O) groups excluding carboxylic acids is 2. The summed E-state index contributed by atoms with van der Waals surface area (Å²) in [5.74, 6) is -0.845. The second-order valence-electron chi connectivity index (χ2n) is 5.47. The molecule has 3 unspecified atom stereocenters. The minimum atomic E-state index is -0.796. The van der Waals surface area contributed by atoms with Gasteiger partial charge >= 0.3 is 11.9 Å². The van der Waals surface area contributed by atoms with E-state index in [1.54, 1.807) is 34.7 Å². The summed E-state index contributed by atoms with van der Waals surface area (Å²) in [4.78, 5) is 23.7. The highest BCUT2D eigenvalue weighted by Gasteiger charge is 2.27. The molecule has 0 saturated carbocycles. The summed E-state index contributed by atoms with van der Waals surface area (Å²) >= 11 is 0. The molecule has 0 bridgehead atoms. The van der Waals surface area contributed by atoms with E-state index in [2.05, 4.69) is 5.32 Å².